The molecule has 4 rings (SSSR count). The number of thiocarbonyl (C=S) groups is 1. The van der Waals surface area contributed by atoms with E-state index in [1.165, 1.54) is 17.1 Å². The number of halogens is 1. The molecule has 9 heteroatoms. The molecule has 0 aliphatic carbocycles. The minimum Gasteiger partial charge on any atom is -0.375 e. The third-order valence-corrected chi connectivity index (χ3v) is 6.00. The summed E-state index contributed by atoms with van der Waals surface area (Å²) in [5.74, 6) is 6.41. The first-order chi connectivity index (χ1) is 15.0. The van der Waals surface area contributed by atoms with Gasteiger partial charge in [-0.2, -0.15) is 0 Å². The van der Waals surface area contributed by atoms with E-state index in [0.29, 0.717) is 19.1 Å². The second-order valence-corrected chi connectivity index (χ2v) is 8.35. The Morgan fingerprint density at radius 1 is 1.16 bits per heavy atom. The van der Waals surface area contributed by atoms with E-state index >= 15 is 0 Å². The number of nitrogens with zero attached hydrogens (tertiary/aromatic N) is 4. The van der Waals surface area contributed by atoms with Crippen molar-refractivity contribution in [2.24, 2.45) is 11.6 Å². The monoisotopic (exact) mass is 441 g/mol. The highest BCUT2D eigenvalue weighted by Gasteiger charge is 2.21. The fourth-order valence-electron chi connectivity index (χ4n) is 3.96. The molecule has 5 N–H and O–H groups in total. The Hall–Kier alpha value is -2.75. The maximum absolute atomic E-state index is 13.3. The average molecular weight is 442 g/mol. The summed E-state index contributed by atoms with van der Waals surface area (Å²) >= 11 is 4.89. The molecule has 0 bridgehead atoms. The van der Waals surface area contributed by atoms with Crippen molar-refractivity contribution >= 4 is 34.3 Å². The number of aromatic nitrogens is 2. The van der Waals surface area contributed by atoms with Crippen LogP contribution >= 0.6 is 12.2 Å². The Kier molecular flexibility index (Phi) is 6.64. The van der Waals surface area contributed by atoms with Crippen molar-refractivity contribution in [3.63, 3.8) is 0 Å². The van der Waals surface area contributed by atoms with E-state index in [4.69, 9.17) is 28.8 Å². The van der Waals surface area contributed by atoms with Gasteiger partial charge in [0, 0.05) is 32.2 Å². The molecule has 0 radical (unpaired) electrons. The molecule has 2 heterocycles. The van der Waals surface area contributed by atoms with E-state index in [0.717, 1.165) is 55.0 Å². The van der Waals surface area contributed by atoms with Crippen LogP contribution in [0.4, 0.5) is 10.3 Å². The van der Waals surface area contributed by atoms with E-state index in [9.17, 15) is 4.39 Å². The number of nitrogens with two attached hydrogens (primary N) is 2. The molecule has 1 aromatic heterocycles. The third-order valence-electron chi connectivity index (χ3n) is 5.77. The van der Waals surface area contributed by atoms with Crippen LogP contribution in [0, 0.1) is 5.82 Å². The fraction of sp³-hybridized carbons (Fsp3) is 0.364. The number of hydrogen-bond acceptors (Lipinski definition) is 5. The first kappa shape index (κ1) is 21.5. The summed E-state index contributed by atoms with van der Waals surface area (Å²) in [7, 11) is 0. The second kappa shape index (κ2) is 9.59. The first-order valence-electron chi connectivity index (χ1n) is 10.5. The van der Waals surface area contributed by atoms with Gasteiger partial charge in [0.2, 0.25) is 5.95 Å². The Bertz CT molecular complexity index is 1030. The van der Waals surface area contributed by atoms with Gasteiger partial charge in [0.1, 0.15) is 5.82 Å². The van der Waals surface area contributed by atoms with Crippen molar-refractivity contribution in [3.05, 3.63) is 59.9 Å². The first-order valence-corrected chi connectivity index (χ1v) is 10.9. The van der Waals surface area contributed by atoms with E-state index in [1.54, 1.807) is 0 Å². The number of nitrogens with one attached hydrogen (secondary N) is 1. The predicted octanol–water partition coefficient (Wildman–Crippen LogP) is 2.52. The maximum atomic E-state index is 13.3. The Morgan fingerprint density at radius 2 is 1.87 bits per heavy atom. The Morgan fingerprint density at radius 3 is 2.58 bits per heavy atom. The molecule has 7 nitrogen and oxygen atoms in total. The third kappa shape index (κ3) is 5.30. The van der Waals surface area contributed by atoms with Gasteiger partial charge in [-0.1, -0.05) is 24.3 Å². The molecule has 164 valence electrons. The van der Waals surface area contributed by atoms with Gasteiger partial charge in [-0.3, -0.25) is 5.01 Å². The zero-order chi connectivity index (χ0) is 21.8. The van der Waals surface area contributed by atoms with Gasteiger partial charge in [0.05, 0.1) is 17.6 Å². The van der Waals surface area contributed by atoms with Gasteiger partial charge in [-0.25, -0.2) is 15.2 Å². The number of piperidine rings is 1. The average Bonchev–Trinajstić information content (AvgIpc) is 3.11. The molecule has 3 aromatic rings. The van der Waals surface area contributed by atoms with Crippen LogP contribution in [0.2, 0.25) is 0 Å². The highest BCUT2D eigenvalue weighted by molar-refractivity contribution is 7.80. The number of imidazole rings is 1. The van der Waals surface area contributed by atoms with Crippen molar-refractivity contribution < 1.29 is 4.39 Å². The highest BCUT2D eigenvalue weighted by atomic mass is 32.1. The number of rotatable bonds is 7. The van der Waals surface area contributed by atoms with Crippen LogP contribution in [0.15, 0.2) is 48.5 Å². The molecule has 0 unspecified atom stereocenters. The molecule has 31 heavy (non-hydrogen) atoms. The van der Waals surface area contributed by atoms with Gasteiger partial charge in [0.15, 0.2) is 5.11 Å². The van der Waals surface area contributed by atoms with Crippen molar-refractivity contribution in [2.45, 2.75) is 25.4 Å². The summed E-state index contributed by atoms with van der Waals surface area (Å²) in [4.78, 5) is 7.20. The predicted molar refractivity (Wildman–Crippen MR) is 126 cm³/mol. The number of hydrazine groups is 1. The molecule has 2 aromatic carbocycles. The minimum absolute atomic E-state index is 0.219. The summed E-state index contributed by atoms with van der Waals surface area (Å²) in [5, 5.41) is 5.28. The summed E-state index contributed by atoms with van der Waals surface area (Å²) in [5.41, 5.74) is 8.59. The van der Waals surface area contributed by atoms with Gasteiger partial charge >= 0.3 is 0 Å². The van der Waals surface area contributed by atoms with Crippen LogP contribution in [0.25, 0.3) is 11.0 Å². The number of fused-ring (bicyclic) bond motifs is 1. The van der Waals surface area contributed by atoms with Crippen molar-refractivity contribution in [1.29, 1.82) is 0 Å². The number of para-hydroxylation sites is 2. The van der Waals surface area contributed by atoms with Gasteiger partial charge in [-0.15, -0.1) is 0 Å². The molecule has 1 fully saturated rings. The molecule has 1 aliphatic heterocycles. The van der Waals surface area contributed by atoms with Gasteiger partial charge in [0.25, 0.3) is 0 Å². The van der Waals surface area contributed by atoms with Crippen LogP contribution in [0.5, 0.6) is 0 Å². The smallest absolute Gasteiger partial charge is 0.204 e. The molecule has 1 aliphatic rings. The van der Waals surface area contributed by atoms with E-state index in [-0.39, 0.29) is 10.9 Å². The summed E-state index contributed by atoms with van der Waals surface area (Å²) in [6, 6.07) is 15.1. The largest absolute Gasteiger partial charge is 0.375 e. The molecular formula is C22H28FN7S. The van der Waals surface area contributed by atoms with Gasteiger partial charge in [-0.05, 0) is 54.9 Å². The Balaban J connectivity index is 1.43. The lowest BCUT2D eigenvalue weighted by Crippen LogP contribution is -2.47. The topological polar surface area (TPSA) is 88.4 Å². The van der Waals surface area contributed by atoms with Gasteiger partial charge < -0.3 is 20.5 Å². The van der Waals surface area contributed by atoms with Crippen molar-refractivity contribution in [2.75, 3.05) is 31.5 Å². The molecule has 0 saturated carbocycles. The quantitative estimate of drug-likeness (QED) is 0.295. The van der Waals surface area contributed by atoms with Crippen LogP contribution in [0.1, 0.15) is 18.4 Å². The molecule has 0 atom stereocenters. The zero-order valence-electron chi connectivity index (χ0n) is 17.4. The maximum Gasteiger partial charge on any atom is 0.204 e. The highest BCUT2D eigenvalue weighted by Crippen LogP contribution is 2.24. The summed E-state index contributed by atoms with van der Waals surface area (Å²) in [6.45, 7) is 4.04. The van der Waals surface area contributed by atoms with Crippen LogP contribution < -0.4 is 16.9 Å². The standard InChI is InChI=1S/C22H28FN7S/c23-17-7-5-16(6-8-17)15-29-20-4-2-1-3-19(20)27-22(29)26-18-9-11-28(12-10-18)13-14-30(25)21(24)31/h1-8,18H,9-15,25H2,(H2,24,31)(H,26,27). The Labute approximate surface area is 186 Å². The summed E-state index contributed by atoms with van der Waals surface area (Å²) in [6.07, 6.45) is 2.02. The number of hydrogen-bond donors (Lipinski definition) is 3. The fourth-order valence-corrected chi connectivity index (χ4v) is 4.05. The van der Waals surface area contributed by atoms with Crippen LogP contribution in [0.3, 0.4) is 0 Å². The molecule has 0 amide bonds. The van der Waals surface area contributed by atoms with Crippen LogP contribution in [-0.4, -0.2) is 56.8 Å². The molecular weight excluding hydrogens is 413 g/mol. The lowest BCUT2D eigenvalue weighted by atomic mass is 10.1. The lowest BCUT2D eigenvalue weighted by molar-refractivity contribution is 0.203. The number of anilines is 1. The SMILES string of the molecule is NC(=S)N(N)CCN1CCC(Nc2nc3ccccc3n2Cc2ccc(F)cc2)CC1. The van der Waals surface area contributed by atoms with Crippen molar-refractivity contribution in [1.82, 2.24) is 19.5 Å². The minimum atomic E-state index is -0.226. The number of likely N-dealkylation sites (tertiary alicyclic amines) is 1. The van der Waals surface area contributed by atoms with E-state index in [2.05, 4.69) is 20.9 Å². The van der Waals surface area contributed by atoms with E-state index < -0.39 is 0 Å². The normalized spacial score (nSPS) is 15.3. The summed E-state index contributed by atoms with van der Waals surface area (Å²) < 4.78 is 15.5. The number of benzene rings is 2. The lowest BCUT2D eigenvalue weighted by Gasteiger charge is -2.33. The van der Waals surface area contributed by atoms with Crippen LogP contribution in [-0.2, 0) is 6.54 Å². The zero-order valence-corrected chi connectivity index (χ0v) is 18.2. The van der Waals surface area contributed by atoms with Crippen molar-refractivity contribution in [3.8, 4) is 0 Å². The molecule has 0 spiro atoms. The second-order valence-electron chi connectivity index (χ2n) is 7.93. The van der Waals surface area contributed by atoms with E-state index in [1.807, 2.05) is 30.3 Å². The molecule has 1 saturated heterocycles.